The maximum absolute atomic E-state index is 11.2. The van der Waals surface area contributed by atoms with Gasteiger partial charge in [0.2, 0.25) is 5.91 Å². The average molecular weight is 473 g/mol. The van der Waals surface area contributed by atoms with Crippen LogP contribution in [0.4, 0.5) is 0 Å². The molecule has 1 aromatic carbocycles. The molecule has 6 nitrogen and oxygen atoms in total. The summed E-state index contributed by atoms with van der Waals surface area (Å²) in [5.41, 5.74) is 6.84. The highest BCUT2D eigenvalue weighted by Gasteiger charge is 2.14. The summed E-state index contributed by atoms with van der Waals surface area (Å²) in [5.74, 6) is 1.25. The Morgan fingerprint density at radius 2 is 2.04 bits per heavy atom. The van der Waals surface area contributed by atoms with E-state index in [0.717, 1.165) is 37.0 Å². The predicted molar refractivity (Wildman–Crippen MR) is 118 cm³/mol. The summed E-state index contributed by atoms with van der Waals surface area (Å²) < 4.78 is 0. The van der Waals surface area contributed by atoms with Crippen LogP contribution in [0.25, 0.3) is 0 Å². The van der Waals surface area contributed by atoms with E-state index in [1.807, 2.05) is 12.1 Å². The summed E-state index contributed by atoms with van der Waals surface area (Å²) in [6, 6.07) is 7.33. The highest BCUT2D eigenvalue weighted by molar-refractivity contribution is 14.0. The molecule has 1 fully saturated rings. The van der Waals surface area contributed by atoms with Gasteiger partial charge >= 0.3 is 0 Å². The molecule has 0 spiro atoms. The largest absolute Gasteiger partial charge is 0.366 e. The number of nitrogens with two attached hydrogens (primary N) is 1. The third-order valence-corrected chi connectivity index (χ3v) is 4.71. The molecule has 1 heterocycles. The zero-order valence-electron chi connectivity index (χ0n) is 15.8. The molecule has 0 aromatic heterocycles. The number of primary amides is 1. The molecule has 0 radical (unpaired) electrons. The molecule has 26 heavy (non-hydrogen) atoms. The quantitative estimate of drug-likeness (QED) is 0.246. The van der Waals surface area contributed by atoms with Gasteiger partial charge in [-0.1, -0.05) is 19.1 Å². The molecule has 0 atom stereocenters. The molecule has 1 aliphatic heterocycles. The minimum absolute atomic E-state index is 0. The van der Waals surface area contributed by atoms with Crippen molar-refractivity contribution >= 4 is 35.8 Å². The van der Waals surface area contributed by atoms with Crippen LogP contribution >= 0.6 is 24.0 Å². The number of amides is 1. The lowest BCUT2D eigenvalue weighted by Gasteiger charge is -2.30. The molecular formula is C19H32IN5O. The highest BCUT2D eigenvalue weighted by atomic mass is 127. The summed E-state index contributed by atoms with van der Waals surface area (Å²) in [6.45, 7) is 7.43. The van der Waals surface area contributed by atoms with Crippen molar-refractivity contribution in [3.63, 3.8) is 0 Å². The van der Waals surface area contributed by atoms with E-state index in [-0.39, 0.29) is 24.0 Å². The number of nitrogens with zero attached hydrogens (tertiary/aromatic N) is 2. The normalized spacial score (nSPS) is 16.0. The number of guanidine groups is 1. The molecule has 1 aliphatic rings. The first-order valence-electron chi connectivity index (χ1n) is 9.14. The van der Waals surface area contributed by atoms with E-state index in [1.54, 1.807) is 19.2 Å². The number of likely N-dealkylation sites (tertiary alicyclic amines) is 1. The Labute approximate surface area is 174 Å². The Morgan fingerprint density at radius 1 is 1.31 bits per heavy atom. The molecule has 2 rings (SSSR count). The number of carbonyl (C=O) groups excluding carboxylic acids is 1. The topological polar surface area (TPSA) is 82.8 Å². The number of rotatable bonds is 7. The lowest BCUT2D eigenvalue weighted by atomic mass is 9.99. The molecule has 0 saturated carbocycles. The van der Waals surface area contributed by atoms with E-state index < -0.39 is 5.91 Å². The molecule has 1 amide bonds. The van der Waals surface area contributed by atoms with Gasteiger partial charge in [0.15, 0.2) is 5.96 Å². The predicted octanol–water partition coefficient (Wildman–Crippen LogP) is 2.19. The van der Waals surface area contributed by atoms with Crippen molar-refractivity contribution in [3.05, 3.63) is 35.4 Å². The fourth-order valence-electron chi connectivity index (χ4n) is 3.04. The van der Waals surface area contributed by atoms with Crippen molar-refractivity contribution in [2.75, 3.05) is 33.2 Å². The van der Waals surface area contributed by atoms with Crippen LogP contribution in [0.5, 0.6) is 0 Å². The first kappa shape index (κ1) is 22.7. The van der Waals surface area contributed by atoms with Crippen molar-refractivity contribution in [3.8, 4) is 0 Å². The van der Waals surface area contributed by atoms with Crippen molar-refractivity contribution in [2.24, 2.45) is 16.6 Å². The molecular weight excluding hydrogens is 441 g/mol. The summed E-state index contributed by atoms with van der Waals surface area (Å²) in [4.78, 5) is 18.0. The van der Waals surface area contributed by atoms with Gasteiger partial charge in [0.1, 0.15) is 0 Å². The number of benzene rings is 1. The molecule has 4 N–H and O–H groups in total. The number of halogens is 1. The van der Waals surface area contributed by atoms with E-state index >= 15 is 0 Å². The van der Waals surface area contributed by atoms with Gasteiger partial charge in [-0.25, -0.2) is 0 Å². The third-order valence-electron chi connectivity index (χ3n) is 4.71. The van der Waals surface area contributed by atoms with Crippen molar-refractivity contribution in [1.29, 1.82) is 0 Å². The second-order valence-electron chi connectivity index (χ2n) is 6.79. The fraction of sp³-hybridized carbons (Fsp3) is 0.579. The van der Waals surface area contributed by atoms with E-state index in [9.17, 15) is 4.79 Å². The van der Waals surface area contributed by atoms with Crippen LogP contribution in [0.2, 0.25) is 0 Å². The Bertz CT molecular complexity index is 585. The maximum atomic E-state index is 11.2. The van der Waals surface area contributed by atoms with Gasteiger partial charge in [0.05, 0.1) is 0 Å². The molecule has 7 heteroatoms. The number of aliphatic imine (C=N–C) groups is 1. The molecule has 146 valence electrons. The van der Waals surface area contributed by atoms with E-state index in [2.05, 4.69) is 27.4 Å². The third kappa shape index (κ3) is 7.90. The van der Waals surface area contributed by atoms with Gasteiger partial charge in [-0.05, 0) is 62.5 Å². The van der Waals surface area contributed by atoms with Crippen LogP contribution in [-0.2, 0) is 6.54 Å². The lowest BCUT2D eigenvalue weighted by Crippen LogP contribution is -2.39. The van der Waals surface area contributed by atoms with Gasteiger partial charge in [-0.2, -0.15) is 0 Å². The minimum atomic E-state index is -0.406. The van der Waals surface area contributed by atoms with Gasteiger partial charge in [0, 0.05) is 25.7 Å². The Balaban J connectivity index is 0.00000338. The monoisotopic (exact) mass is 473 g/mol. The summed E-state index contributed by atoms with van der Waals surface area (Å²) >= 11 is 0. The average Bonchev–Trinajstić information content (AvgIpc) is 2.63. The van der Waals surface area contributed by atoms with Gasteiger partial charge in [-0.15, -0.1) is 24.0 Å². The molecule has 0 unspecified atom stereocenters. The standard InChI is InChI=1S/C19H31N5O.HI/c1-15-7-11-24(12-8-15)10-4-9-22-19(21-2)23-14-16-5-3-6-17(13-16)18(20)25;/h3,5-6,13,15H,4,7-12,14H2,1-2H3,(H2,20,25)(H2,21,22,23);1H. The molecule has 0 aliphatic carbocycles. The second kappa shape index (κ2) is 12.1. The van der Waals surface area contributed by atoms with E-state index in [4.69, 9.17) is 5.73 Å². The van der Waals surface area contributed by atoms with Gasteiger partial charge < -0.3 is 21.3 Å². The van der Waals surface area contributed by atoms with Crippen molar-refractivity contribution in [2.45, 2.75) is 32.7 Å². The minimum Gasteiger partial charge on any atom is -0.366 e. The zero-order valence-corrected chi connectivity index (χ0v) is 18.2. The van der Waals surface area contributed by atoms with Crippen LogP contribution in [-0.4, -0.2) is 50.0 Å². The summed E-state index contributed by atoms with van der Waals surface area (Å²) in [6.07, 6.45) is 3.74. The fourth-order valence-corrected chi connectivity index (χ4v) is 3.04. The summed E-state index contributed by atoms with van der Waals surface area (Å²) in [7, 11) is 1.77. The first-order chi connectivity index (χ1) is 12.1. The summed E-state index contributed by atoms with van der Waals surface area (Å²) in [5, 5.41) is 6.62. The van der Waals surface area contributed by atoms with Crippen LogP contribution in [0.3, 0.4) is 0 Å². The van der Waals surface area contributed by atoms with Crippen molar-refractivity contribution in [1.82, 2.24) is 15.5 Å². The number of carbonyl (C=O) groups is 1. The Hall–Kier alpha value is -1.35. The Morgan fingerprint density at radius 3 is 2.69 bits per heavy atom. The van der Waals surface area contributed by atoms with E-state index in [1.165, 1.54) is 25.9 Å². The van der Waals surface area contributed by atoms with Crippen LogP contribution < -0.4 is 16.4 Å². The Kier molecular flexibility index (Phi) is 10.6. The van der Waals surface area contributed by atoms with Crippen molar-refractivity contribution < 1.29 is 4.79 Å². The molecule has 1 aromatic rings. The lowest BCUT2D eigenvalue weighted by molar-refractivity contribution is 0.1000. The number of nitrogens with one attached hydrogen (secondary N) is 2. The number of piperidine rings is 1. The highest BCUT2D eigenvalue weighted by Crippen LogP contribution is 2.15. The van der Waals surface area contributed by atoms with E-state index in [0.29, 0.717) is 12.1 Å². The first-order valence-corrected chi connectivity index (χ1v) is 9.14. The smallest absolute Gasteiger partial charge is 0.248 e. The zero-order chi connectivity index (χ0) is 18.1. The second-order valence-corrected chi connectivity index (χ2v) is 6.79. The van der Waals surface area contributed by atoms with Crippen LogP contribution in [0, 0.1) is 5.92 Å². The molecule has 0 bridgehead atoms. The maximum Gasteiger partial charge on any atom is 0.248 e. The molecule has 1 saturated heterocycles. The number of hydrogen-bond acceptors (Lipinski definition) is 3. The van der Waals surface area contributed by atoms with Gasteiger partial charge in [0.25, 0.3) is 0 Å². The van der Waals surface area contributed by atoms with Gasteiger partial charge in [-0.3, -0.25) is 9.79 Å². The van der Waals surface area contributed by atoms with Crippen LogP contribution in [0.1, 0.15) is 42.1 Å². The SMILES string of the molecule is CN=C(NCCCN1CCC(C)CC1)NCc1cccc(C(N)=O)c1.I. The number of hydrogen-bond donors (Lipinski definition) is 3. The van der Waals surface area contributed by atoms with Crippen LogP contribution in [0.15, 0.2) is 29.3 Å².